The number of rotatable bonds is 8. The molecule has 0 fully saturated rings. The first kappa shape index (κ1) is 23.8. The van der Waals surface area contributed by atoms with E-state index in [2.05, 4.69) is 0 Å². The molecule has 0 amide bonds. The average molecular weight is 334 g/mol. The Kier molecular flexibility index (Phi) is 10.6. The second-order valence-electron chi connectivity index (χ2n) is 7.02. The molecule has 23 heavy (non-hydrogen) atoms. The molecule has 0 aromatic heterocycles. The molecule has 0 radical (unpaired) electrons. The van der Waals surface area contributed by atoms with Crippen LogP contribution in [0.15, 0.2) is 0 Å². The smallest absolute Gasteiger partial charge is 0.320 e. The van der Waals surface area contributed by atoms with Gasteiger partial charge in [-0.15, -0.1) is 0 Å². The van der Waals surface area contributed by atoms with Crippen LogP contribution >= 0.6 is 0 Å². The van der Waals surface area contributed by atoms with E-state index >= 15 is 0 Å². The van der Waals surface area contributed by atoms with Crippen molar-refractivity contribution in [1.29, 1.82) is 0 Å². The zero-order valence-electron chi connectivity index (χ0n) is 14.8. The SMILES string of the molecule is CC(=O)C(C(=O)[O-])C(O)C[N+](C)(C)C.CC(C)C[C@H](N)C(=O)O. The Morgan fingerprint density at radius 3 is 1.78 bits per heavy atom. The largest absolute Gasteiger partial charge is 0.549 e. The van der Waals surface area contributed by atoms with E-state index in [9.17, 15) is 24.6 Å². The number of hydrogen-bond acceptors (Lipinski definition) is 6. The topological polar surface area (TPSA) is 141 Å². The molecule has 4 N–H and O–H groups in total. The molecule has 0 saturated carbocycles. The minimum Gasteiger partial charge on any atom is -0.549 e. The van der Waals surface area contributed by atoms with Crippen LogP contribution in [0.5, 0.6) is 0 Å². The number of carbonyl (C=O) groups is 3. The molecule has 0 bridgehead atoms. The van der Waals surface area contributed by atoms with Crippen LogP contribution in [0.2, 0.25) is 0 Å². The normalized spacial score (nSPS) is 15.2. The number of nitrogens with two attached hydrogens (primary N) is 1. The van der Waals surface area contributed by atoms with Crippen LogP contribution in [0, 0.1) is 11.8 Å². The summed E-state index contributed by atoms with van der Waals surface area (Å²) in [6.07, 6.45) is -0.646. The number of carboxylic acids is 2. The van der Waals surface area contributed by atoms with Crippen molar-refractivity contribution >= 4 is 17.7 Å². The third kappa shape index (κ3) is 12.7. The molecule has 0 aliphatic rings. The highest BCUT2D eigenvalue weighted by Crippen LogP contribution is 2.08. The quantitative estimate of drug-likeness (QED) is 0.360. The third-order valence-electron chi connectivity index (χ3n) is 2.85. The Morgan fingerprint density at radius 2 is 1.61 bits per heavy atom. The number of aliphatic hydroxyl groups excluding tert-OH is 1. The number of aliphatic hydroxyl groups is 1. The van der Waals surface area contributed by atoms with Crippen LogP contribution in [0.3, 0.4) is 0 Å². The van der Waals surface area contributed by atoms with E-state index in [1.54, 1.807) is 21.1 Å². The summed E-state index contributed by atoms with van der Waals surface area (Å²) in [4.78, 5) is 31.6. The first-order chi connectivity index (χ1) is 10.2. The van der Waals surface area contributed by atoms with Gasteiger partial charge in [-0.05, 0) is 19.3 Å². The summed E-state index contributed by atoms with van der Waals surface area (Å²) in [5.74, 6) is -4.07. The van der Waals surface area contributed by atoms with Crippen molar-refractivity contribution in [3.8, 4) is 0 Å². The molecule has 2 unspecified atom stereocenters. The third-order valence-corrected chi connectivity index (χ3v) is 2.85. The van der Waals surface area contributed by atoms with Gasteiger partial charge < -0.3 is 30.3 Å². The summed E-state index contributed by atoms with van der Waals surface area (Å²) in [5.41, 5.74) is 5.22. The zero-order chi connectivity index (χ0) is 19.0. The summed E-state index contributed by atoms with van der Waals surface area (Å²) >= 11 is 0. The molecule has 0 aromatic rings. The van der Waals surface area contributed by atoms with Gasteiger partial charge in [0.2, 0.25) is 0 Å². The second kappa shape index (κ2) is 10.3. The van der Waals surface area contributed by atoms with Gasteiger partial charge in [-0.2, -0.15) is 0 Å². The van der Waals surface area contributed by atoms with Crippen LogP contribution < -0.4 is 10.8 Å². The lowest BCUT2D eigenvalue weighted by Crippen LogP contribution is -2.50. The van der Waals surface area contributed by atoms with E-state index in [1.165, 1.54) is 0 Å². The van der Waals surface area contributed by atoms with Gasteiger partial charge in [0.1, 0.15) is 24.5 Å². The molecule has 0 heterocycles. The van der Waals surface area contributed by atoms with Gasteiger partial charge in [0, 0.05) is 0 Å². The predicted octanol–water partition coefficient (Wildman–Crippen LogP) is -1.55. The Morgan fingerprint density at radius 1 is 1.17 bits per heavy atom. The molecular weight excluding hydrogens is 304 g/mol. The molecule has 0 aliphatic heterocycles. The van der Waals surface area contributed by atoms with Gasteiger partial charge in [-0.1, -0.05) is 13.8 Å². The van der Waals surface area contributed by atoms with E-state index in [-0.39, 0.29) is 6.54 Å². The van der Waals surface area contributed by atoms with Crippen molar-refractivity contribution in [2.24, 2.45) is 17.6 Å². The van der Waals surface area contributed by atoms with E-state index in [1.807, 2.05) is 13.8 Å². The van der Waals surface area contributed by atoms with Crippen molar-refractivity contribution in [2.75, 3.05) is 27.7 Å². The van der Waals surface area contributed by atoms with E-state index in [0.29, 0.717) is 16.8 Å². The highest BCUT2D eigenvalue weighted by molar-refractivity contribution is 5.96. The summed E-state index contributed by atoms with van der Waals surface area (Å²) in [6.45, 7) is 5.23. The van der Waals surface area contributed by atoms with Crippen LogP contribution in [0.25, 0.3) is 0 Å². The monoisotopic (exact) mass is 334 g/mol. The summed E-state index contributed by atoms with van der Waals surface area (Å²) in [7, 11) is 5.40. The van der Waals surface area contributed by atoms with Crippen molar-refractivity contribution in [2.45, 2.75) is 39.3 Å². The first-order valence-electron chi connectivity index (χ1n) is 7.37. The van der Waals surface area contributed by atoms with Crippen molar-refractivity contribution in [3.63, 3.8) is 0 Å². The fourth-order valence-electron chi connectivity index (χ4n) is 1.87. The molecule has 8 nitrogen and oxygen atoms in total. The van der Waals surface area contributed by atoms with Crippen LogP contribution in [-0.2, 0) is 14.4 Å². The Hall–Kier alpha value is -1.51. The lowest BCUT2D eigenvalue weighted by atomic mass is 9.98. The van der Waals surface area contributed by atoms with Crippen LogP contribution in [-0.4, -0.2) is 72.3 Å². The summed E-state index contributed by atoms with van der Waals surface area (Å²) in [5, 5.41) is 28.4. The number of ketones is 1. The molecule has 136 valence electrons. The first-order valence-corrected chi connectivity index (χ1v) is 7.37. The van der Waals surface area contributed by atoms with Crippen molar-refractivity contribution < 1.29 is 34.2 Å². The zero-order valence-corrected chi connectivity index (χ0v) is 14.8. The average Bonchev–Trinajstić information content (AvgIpc) is 2.24. The predicted molar refractivity (Wildman–Crippen MR) is 83.2 cm³/mol. The highest BCUT2D eigenvalue weighted by Gasteiger charge is 2.29. The molecule has 0 aromatic carbocycles. The molecule has 3 atom stereocenters. The summed E-state index contributed by atoms with van der Waals surface area (Å²) < 4.78 is 0.387. The fourth-order valence-corrected chi connectivity index (χ4v) is 1.87. The molecule has 0 spiro atoms. The minimum atomic E-state index is -1.52. The van der Waals surface area contributed by atoms with E-state index in [0.717, 1.165) is 6.92 Å². The van der Waals surface area contributed by atoms with Gasteiger partial charge in [0.15, 0.2) is 0 Å². The van der Waals surface area contributed by atoms with Crippen molar-refractivity contribution in [1.82, 2.24) is 0 Å². The fraction of sp³-hybridized carbons (Fsp3) is 0.800. The number of aliphatic carboxylic acids is 2. The molecule has 0 saturated heterocycles. The minimum absolute atomic E-state index is 0.193. The van der Waals surface area contributed by atoms with Gasteiger partial charge in [-0.25, -0.2) is 0 Å². The van der Waals surface area contributed by atoms with Gasteiger partial charge in [0.25, 0.3) is 0 Å². The van der Waals surface area contributed by atoms with E-state index in [4.69, 9.17) is 10.8 Å². The lowest BCUT2D eigenvalue weighted by Gasteiger charge is -2.30. The summed E-state index contributed by atoms with van der Waals surface area (Å²) in [6, 6.07) is -0.690. The lowest BCUT2D eigenvalue weighted by molar-refractivity contribution is -0.873. The van der Waals surface area contributed by atoms with Gasteiger partial charge in [-0.3, -0.25) is 9.59 Å². The number of hydrogen-bond donors (Lipinski definition) is 3. The molecule has 8 heteroatoms. The number of nitrogens with zero attached hydrogens (tertiary/aromatic N) is 1. The number of carbonyl (C=O) groups excluding carboxylic acids is 2. The Bertz CT molecular complexity index is 389. The highest BCUT2D eigenvalue weighted by atomic mass is 16.4. The number of carboxylic acid groups (broad SMARTS) is 2. The molecular formula is C15H30N2O6. The van der Waals surface area contributed by atoms with Gasteiger partial charge in [0.05, 0.1) is 33.0 Å². The molecule has 0 rings (SSSR count). The number of Topliss-reactive ketones (excluding diaryl/α,β-unsaturated/α-hetero) is 1. The second-order valence-corrected chi connectivity index (χ2v) is 7.02. The Balaban J connectivity index is 0. The van der Waals surface area contributed by atoms with Crippen LogP contribution in [0.1, 0.15) is 27.2 Å². The molecule has 0 aliphatic carbocycles. The van der Waals surface area contributed by atoms with Crippen molar-refractivity contribution in [3.05, 3.63) is 0 Å². The number of quaternary nitrogens is 1. The Labute approximate surface area is 137 Å². The standard InChI is InChI=1S/C9H17NO4.C6H13NO2/c1-6(11)8(9(13)14)7(12)5-10(2,3)4;1-4(2)3-5(7)6(8)9/h7-8,12H,5H2,1-4H3;4-5H,3,7H2,1-2H3,(H,8,9)/t;5-/m.0/s1. The number of likely N-dealkylation sites (N-methyl/N-ethyl adjacent to an activating group) is 1. The van der Waals surface area contributed by atoms with Crippen LogP contribution in [0.4, 0.5) is 0 Å². The van der Waals surface area contributed by atoms with Gasteiger partial charge >= 0.3 is 5.97 Å². The maximum atomic E-state index is 10.9. The maximum absolute atomic E-state index is 10.9. The van der Waals surface area contributed by atoms with E-state index < -0.39 is 35.8 Å². The maximum Gasteiger partial charge on any atom is 0.320 e.